The summed E-state index contributed by atoms with van der Waals surface area (Å²) >= 11 is 0. The van der Waals surface area contributed by atoms with Gasteiger partial charge in [-0.3, -0.25) is 0 Å². The second kappa shape index (κ2) is 9.17. The van der Waals surface area contributed by atoms with Crippen molar-refractivity contribution >= 4 is 0 Å². The molecule has 2 nitrogen and oxygen atoms in total. The van der Waals surface area contributed by atoms with Gasteiger partial charge >= 0.3 is 0 Å². The topological polar surface area (TPSA) is 21.3 Å². The summed E-state index contributed by atoms with van der Waals surface area (Å²) in [5.41, 5.74) is 0. The Morgan fingerprint density at radius 2 is 1.80 bits per heavy atom. The van der Waals surface area contributed by atoms with E-state index in [0.29, 0.717) is 12.2 Å². The second-order valence-electron chi connectivity index (χ2n) is 3.76. The highest BCUT2D eigenvalue weighted by molar-refractivity contribution is 4.89. The van der Waals surface area contributed by atoms with Crippen molar-refractivity contribution in [2.75, 3.05) is 13.6 Å². The highest BCUT2D eigenvalue weighted by Gasteiger charge is 2.39. The third-order valence-corrected chi connectivity index (χ3v) is 3.00. The molecule has 2 rings (SSSR count). The number of fused-ring (bicyclic) bond motifs is 2. The van der Waals surface area contributed by atoms with Gasteiger partial charge in [-0.1, -0.05) is 27.7 Å². The van der Waals surface area contributed by atoms with Crippen LogP contribution in [0.2, 0.25) is 0 Å². The highest BCUT2D eigenvalue weighted by Crippen LogP contribution is 2.39. The maximum Gasteiger partial charge on any atom is 0.0609 e. The van der Waals surface area contributed by atoms with Gasteiger partial charge in [-0.05, 0) is 45.2 Å². The molecule has 3 unspecified atom stereocenters. The molecule has 0 aromatic heterocycles. The lowest BCUT2D eigenvalue weighted by molar-refractivity contribution is 0.0914. The second-order valence-corrected chi connectivity index (χ2v) is 3.76. The molecular weight excluding hydrogens is 186 g/mol. The van der Waals surface area contributed by atoms with E-state index in [1.54, 1.807) is 0 Å². The number of hydrogen-bond acceptors (Lipinski definition) is 2. The number of nitrogens with one attached hydrogen (secondary N) is 1. The molecule has 2 heteroatoms. The molecule has 2 saturated heterocycles. The van der Waals surface area contributed by atoms with Gasteiger partial charge in [0.25, 0.3) is 0 Å². The molecule has 0 spiro atoms. The van der Waals surface area contributed by atoms with Crippen LogP contribution in [0.3, 0.4) is 0 Å². The lowest BCUT2D eigenvalue weighted by Crippen LogP contribution is -2.21. The maximum atomic E-state index is 5.75. The molecular formula is C13H29NO. The Hall–Kier alpha value is -0.0800. The molecule has 15 heavy (non-hydrogen) atoms. The zero-order valence-corrected chi connectivity index (χ0v) is 11.2. The first-order valence-electron chi connectivity index (χ1n) is 6.70. The van der Waals surface area contributed by atoms with Crippen LogP contribution >= 0.6 is 0 Å². The number of hydrogen-bond donors (Lipinski definition) is 1. The molecule has 0 aromatic carbocycles. The lowest BCUT2D eigenvalue weighted by atomic mass is 9.87. The van der Waals surface area contributed by atoms with Crippen molar-refractivity contribution < 1.29 is 4.74 Å². The van der Waals surface area contributed by atoms with Crippen LogP contribution in [-0.2, 0) is 4.74 Å². The smallest absolute Gasteiger partial charge is 0.0609 e. The maximum absolute atomic E-state index is 5.75. The summed E-state index contributed by atoms with van der Waals surface area (Å²) in [5, 5.41) is 3.20. The summed E-state index contributed by atoms with van der Waals surface area (Å²) in [4.78, 5) is 0. The zero-order chi connectivity index (χ0) is 11.7. The standard InChI is InChI=1S/C9H17NO.2C2H6/c1-10-5-4-7-6-8-2-3-9(7)11-8;2*1-2/h7-10H,2-6H2,1H3;2*1-2H3. The Labute approximate surface area is 95.8 Å². The van der Waals surface area contributed by atoms with E-state index in [2.05, 4.69) is 5.32 Å². The molecule has 2 aliphatic rings. The summed E-state index contributed by atoms with van der Waals surface area (Å²) in [5.74, 6) is 0.862. The fourth-order valence-corrected chi connectivity index (χ4v) is 2.38. The van der Waals surface area contributed by atoms with Crippen molar-refractivity contribution in [2.45, 2.75) is 65.6 Å². The molecule has 92 valence electrons. The first-order chi connectivity index (χ1) is 7.40. The van der Waals surface area contributed by atoms with E-state index in [1.165, 1.54) is 25.7 Å². The van der Waals surface area contributed by atoms with Crippen LogP contribution in [0, 0.1) is 5.92 Å². The van der Waals surface area contributed by atoms with Crippen LogP contribution in [0.15, 0.2) is 0 Å². The summed E-state index contributed by atoms with van der Waals surface area (Å²) in [6.07, 6.45) is 6.51. The summed E-state index contributed by atoms with van der Waals surface area (Å²) in [6.45, 7) is 9.15. The van der Waals surface area contributed by atoms with Crippen LogP contribution in [0.4, 0.5) is 0 Å². The zero-order valence-electron chi connectivity index (χ0n) is 11.2. The van der Waals surface area contributed by atoms with E-state index in [0.717, 1.165) is 12.5 Å². The van der Waals surface area contributed by atoms with Gasteiger partial charge in [0, 0.05) is 0 Å². The van der Waals surface area contributed by atoms with Crippen molar-refractivity contribution in [3.63, 3.8) is 0 Å². The van der Waals surface area contributed by atoms with Crippen LogP contribution in [0.1, 0.15) is 53.4 Å². The summed E-state index contributed by atoms with van der Waals surface area (Å²) in [6, 6.07) is 0. The quantitative estimate of drug-likeness (QED) is 0.780. The Bertz CT molecular complexity index is 138. The van der Waals surface area contributed by atoms with Crippen molar-refractivity contribution in [1.82, 2.24) is 5.32 Å². The minimum atomic E-state index is 0.619. The normalized spacial score (nSPS) is 31.4. The average molecular weight is 215 g/mol. The minimum Gasteiger partial charge on any atom is -0.375 e. The third-order valence-electron chi connectivity index (χ3n) is 3.00. The largest absolute Gasteiger partial charge is 0.375 e. The van der Waals surface area contributed by atoms with Gasteiger partial charge in [-0.15, -0.1) is 0 Å². The monoisotopic (exact) mass is 215 g/mol. The van der Waals surface area contributed by atoms with E-state index in [4.69, 9.17) is 4.74 Å². The minimum absolute atomic E-state index is 0.619. The molecule has 0 radical (unpaired) electrons. The number of rotatable bonds is 3. The van der Waals surface area contributed by atoms with Crippen LogP contribution in [0.25, 0.3) is 0 Å². The molecule has 0 saturated carbocycles. The first kappa shape index (κ1) is 14.9. The molecule has 0 aromatic rings. The SMILES string of the molecule is CC.CC.CNCCC1CC2CCC1O2. The van der Waals surface area contributed by atoms with Crippen molar-refractivity contribution in [2.24, 2.45) is 5.92 Å². The molecule has 2 heterocycles. The highest BCUT2D eigenvalue weighted by atomic mass is 16.5. The predicted octanol–water partition coefficient (Wildman–Crippen LogP) is 3.22. The van der Waals surface area contributed by atoms with E-state index in [9.17, 15) is 0 Å². The van der Waals surface area contributed by atoms with E-state index < -0.39 is 0 Å². The van der Waals surface area contributed by atoms with Gasteiger partial charge in [0.1, 0.15) is 0 Å². The molecule has 2 aliphatic heterocycles. The Kier molecular flexibility index (Phi) is 9.12. The first-order valence-corrected chi connectivity index (χ1v) is 6.70. The van der Waals surface area contributed by atoms with E-state index in [-0.39, 0.29) is 0 Å². The van der Waals surface area contributed by atoms with Gasteiger partial charge in [0.2, 0.25) is 0 Å². The van der Waals surface area contributed by atoms with Crippen molar-refractivity contribution in [1.29, 1.82) is 0 Å². The molecule has 1 N–H and O–H groups in total. The Morgan fingerprint density at radius 1 is 1.13 bits per heavy atom. The summed E-state index contributed by atoms with van der Waals surface area (Å²) < 4.78 is 5.75. The fourth-order valence-electron chi connectivity index (χ4n) is 2.38. The Balaban J connectivity index is 0.000000442. The van der Waals surface area contributed by atoms with Gasteiger partial charge in [-0.2, -0.15) is 0 Å². The fraction of sp³-hybridized carbons (Fsp3) is 1.00. The van der Waals surface area contributed by atoms with Gasteiger partial charge in [0.15, 0.2) is 0 Å². The number of ether oxygens (including phenoxy) is 1. The molecule has 3 atom stereocenters. The van der Waals surface area contributed by atoms with Crippen molar-refractivity contribution in [3.8, 4) is 0 Å². The average Bonchev–Trinajstić information content (AvgIpc) is 2.93. The van der Waals surface area contributed by atoms with E-state index in [1.807, 2.05) is 34.7 Å². The van der Waals surface area contributed by atoms with Gasteiger partial charge in [-0.25, -0.2) is 0 Å². The van der Waals surface area contributed by atoms with Crippen molar-refractivity contribution in [3.05, 3.63) is 0 Å². The van der Waals surface area contributed by atoms with E-state index >= 15 is 0 Å². The third kappa shape index (κ3) is 4.52. The molecule has 2 bridgehead atoms. The molecule has 2 fully saturated rings. The lowest BCUT2D eigenvalue weighted by Gasteiger charge is -2.17. The van der Waals surface area contributed by atoms with Crippen LogP contribution in [0.5, 0.6) is 0 Å². The van der Waals surface area contributed by atoms with Gasteiger partial charge in [0.05, 0.1) is 12.2 Å². The summed E-state index contributed by atoms with van der Waals surface area (Å²) in [7, 11) is 2.02. The molecule has 0 amide bonds. The molecule has 0 aliphatic carbocycles. The Morgan fingerprint density at radius 3 is 2.20 bits per heavy atom. The van der Waals surface area contributed by atoms with Crippen LogP contribution < -0.4 is 5.32 Å². The predicted molar refractivity (Wildman–Crippen MR) is 67.2 cm³/mol. The van der Waals surface area contributed by atoms with Crippen LogP contribution in [-0.4, -0.2) is 25.8 Å². The van der Waals surface area contributed by atoms with Gasteiger partial charge < -0.3 is 10.1 Å².